The van der Waals surface area contributed by atoms with E-state index in [1.807, 2.05) is 29.2 Å². The maximum absolute atomic E-state index is 12.7. The fourth-order valence-electron chi connectivity index (χ4n) is 3.56. The van der Waals surface area contributed by atoms with E-state index in [0.717, 1.165) is 25.1 Å². The number of hydrogen-bond acceptors (Lipinski definition) is 3. The van der Waals surface area contributed by atoms with Crippen LogP contribution in [-0.2, 0) is 9.59 Å². The third kappa shape index (κ3) is 3.12. The van der Waals surface area contributed by atoms with Crippen molar-refractivity contribution in [1.29, 1.82) is 0 Å². The lowest BCUT2D eigenvalue weighted by molar-refractivity contribution is -0.135. The van der Waals surface area contributed by atoms with Crippen molar-refractivity contribution in [3.63, 3.8) is 0 Å². The highest BCUT2D eigenvalue weighted by atomic mass is 16.5. The summed E-state index contributed by atoms with van der Waals surface area (Å²) in [6, 6.07) is 7.82. The highest BCUT2D eigenvalue weighted by Crippen LogP contribution is 2.37. The number of likely N-dealkylation sites (tertiary alicyclic amines) is 1. The first-order valence-electron chi connectivity index (χ1n) is 8.79. The average molecular weight is 330 g/mol. The Morgan fingerprint density at radius 2 is 2.04 bits per heavy atom. The van der Waals surface area contributed by atoms with Crippen LogP contribution in [0.1, 0.15) is 46.5 Å². The number of ether oxygens (including phenoxy) is 1. The second-order valence-corrected chi connectivity index (χ2v) is 7.22. The lowest BCUT2D eigenvalue weighted by atomic mass is 10.0. The van der Waals surface area contributed by atoms with Crippen LogP contribution in [0, 0.1) is 0 Å². The minimum Gasteiger partial charge on any atom is -0.476 e. The molecule has 2 amide bonds. The summed E-state index contributed by atoms with van der Waals surface area (Å²) in [5.74, 6) is 0.735. The van der Waals surface area contributed by atoms with E-state index in [-0.39, 0.29) is 11.8 Å². The molecule has 24 heavy (non-hydrogen) atoms. The predicted molar refractivity (Wildman–Crippen MR) is 93.1 cm³/mol. The molecule has 1 aromatic rings. The molecule has 0 radical (unpaired) electrons. The summed E-state index contributed by atoms with van der Waals surface area (Å²) in [6.45, 7) is 6.87. The van der Waals surface area contributed by atoms with Gasteiger partial charge in [0.2, 0.25) is 5.91 Å². The number of rotatable bonds is 3. The second kappa shape index (κ2) is 6.46. The molecular formula is C19H26N2O3. The number of amides is 2. The van der Waals surface area contributed by atoms with E-state index in [2.05, 4.69) is 6.92 Å². The van der Waals surface area contributed by atoms with E-state index in [1.54, 1.807) is 18.7 Å². The molecule has 0 aliphatic carbocycles. The van der Waals surface area contributed by atoms with Crippen LogP contribution in [0.2, 0.25) is 0 Å². The van der Waals surface area contributed by atoms with Crippen molar-refractivity contribution in [2.75, 3.05) is 18.0 Å². The molecule has 2 heterocycles. The first-order valence-corrected chi connectivity index (χ1v) is 8.79. The molecule has 130 valence electrons. The third-order valence-corrected chi connectivity index (χ3v) is 4.95. The summed E-state index contributed by atoms with van der Waals surface area (Å²) in [6.07, 6.45) is 3.68. The van der Waals surface area contributed by atoms with Crippen LogP contribution in [-0.4, -0.2) is 41.4 Å². The van der Waals surface area contributed by atoms with Gasteiger partial charge in [0.25, 0.3) is 5.91 Å². The Morgan fingerprint density at radius 3 is 2.79 bits per heavy atom. The number of carbonyl (C=O) groups is 2. The number of piperidine rings is 1. The molecule has 2 aliphatic heterocycles. The molecule has 1 unspecified atom stereocenters. The quantitative estimate of drug-likeness (QED) is 0.856. The maximum Gasteiger partial charge on any atom is 0.270 e. The van der Waals surface area contributed by atoms with Crippen molar-refractivity contribution < 1.29 is 14.3 Å². The Bertz CT molecular complexity index is 641. The van der Waals surface area contributed by atoms with Gasteiger partial charge in [-0.05, 0) is 52.2 Å². The standard InChI is InChI=1S/C19H26N2O3/c1-14-8-6-7-12-20(14)17(22)11-13-21-15-9-4-5-10-16(15)24-19(2,3)18(21)23/h4-5,9-10,14H,6-8,11-13H2,1-3H3. The second-order valence-electron chi connectivity index (χ2n) is 7.22. The average Bonchev–Trinajstić information content (AvgIpc) is 2.55. The molecule has 0 aromatic heterocycles. The summed E-state index contributed by atoms with van der Waals surface area (Å²) >= 11 is 0. The minimum atomic E-state index is -0.907. The summed E-state index contributed by atoms with van der Waals surface area (Å²) in [5, 5.41) is 0. The fourth-order valence-corrected chi connectivity index (χ4v) is 3.56. The van der Waals surface area contributed by atoms with Crippen LogP contribution in [0.5, 0.6) is 5.75 Å². The zero-order valence-electron chi connectivity index (χ0n) is 14.7. The highest BCUT2D eigenvalue weighted by Gasteiger charge is 2.40. The lowest BCUT2D eigenvalue weighted by Gasteiger charge is -2.39. The smallest absolute Gasteiger partial charge is 0.270 e. The zero-order valence-corrected chi connectivity index (χ0v) is 14.7. The number of carbonyl (C=O) groups excluding carboxylic acids is 2. The molecule has 0 saturated carbocycles. The summed E-state index contributed by atoms with van der Waals surface area (Å²) < 4.78 is 5.82. The van der Waals surface area contributed by atoms with Gasteiger partial charge in [-0.1, -0.05) is 12.1 Å². The first-order chi connectivity index (χ1) is 11.4. The van der Waals surface area contributed by atoms with Gasteiger partial charge >= 0.3 is 0 Å². The summed E-state index contributed by atoms with van der Waals surface area (Å²) in [4.78, 5) is 29.0. The van der Waals surface area contributed by atoms with E-state index < -0.39 is 5.60 Å². The van der Waals surface area contributed by atoms with Crippen molar-refractivity contribution in [1.82, 2.24) is 4.90 Å². The number of para-hydroxylation sites is 2. The van der Waals surface area contributed by atoms with Gasteiger partial charge in [-0.3, -0.25) is 9.59 Å². The Labute approximate surface area is 143 Å². The number of fused-ring (bicyclic) bond motifs is 1. The Balaban J connectivity index is 1.74. The van der Waals surface area contributed by atoms with E-state index in [0.29, 0.717) is 24.8 Å². The van der Waals surface area contributed by atoms with Gasteiger partial charge in [0, 0.05) is 25.6 Å². The van der Waals surface area contributed by atoms with Gasteiger partial charge in [-0.25, -0.2) is 0 Å². The molecule has 1 aromatic carbocycles. The van der Waals surface area contributed by atoms with Crippen LogP contribution in [0.25, 0.3) is 0 Å². The van der Waals surface area contributed by atoms with Crippen molar-refractivity contribution in [3.05, 3.63) is 24.3 Å². The zero-order chi connectivity index (χ0) is 17.3. The Hall–Kier alpha value is -2.04. The normalized spacial score (nSPS) is 22.8. The monoisotopic (exact) mass is 330 g/mol. The van der Waals surface area contributed by atoms with Crippen molar-refractivity contribution in [2.24, 2.45) is 0 Å². The van der Waals surface area contributed by atoms with E-state index in [9.17, 15) is 9.59 Å². The Kier molecular flexibility index (Phi) is 4.52. The summed E-state index contributed by atoms with van der Waals surface area (Å²) in [7, 11) is 0. The van der Waals surface area contributed by atoms with Crippen molar-refractivity contribution in [3.8, 4) is 5.75 Å². The molecule has 3 rings (SSSR count). The van der Waals surface area contributed by atoms with Gasteiger partial charge < -0.3 is 14.5 Å². The largest absolute Gasteiger partial charge is 0.476 e. The molecule has 0 N–H and O–H groups in total. The van der Waals surface area contributed by atoms with E-state index in [1.165, 1.54) is 6.42 Å². The molecule has 5 heteroatoms. The van der Waals surface area contributed by atoms with Gasteiger partial charge in [0.15, 0.2) is 5.60 Å². The summed E-state index contributed by atoms with van der Waals surface area (Å²) in [5.41, 5.74) is -0.156. The molecule has 1 atom stereocenters. The van der Waals surface area contributed by atoms with Crippen LogP contribution in [0.3, 0.4) is 0 Å². The molecule has 1 fully saturated rings. The van der Waals surface area contributed by atoms with Gasteiger partial charge in [0.05, 0.1) is 5.69 Å². The first kappa shape index (κ1) is 16.8. The van der Waals surface area contributed by atoms with Gasteiger partial charge in [0.1, 0.15) is 5.75 Å². The van der Waals surface area contributed by atoms with Crippen LogP contribution >= 0.6 is 0 Å². The topological polar surface area (TPSA) is 49.9 Å². The fraction of sp³-hybridized carbons (Fsp3) is 0.579. The van der Waals surface area contributed by atoms with Gasteiger partial charge in [-0.2, -0.15) is 0 Å². The highest BCUT2D eigenvalue weighted by molar-refractivity contribution is 6.02. The van der Waals surface area contributed by atoms with Crippen molar-refractivity contribution >= 4 is 17.5 Å². The number of benzene rings is 1. The minimum absolute atomic E-state index is 0.0966. The maximum atomic E-state index is 12.7. The SMILES string of the molecule is CC1CCCCN1C(=O)CCN1C(=O)C(C)(C)Oc2ccccc21. The lowest BCUT2D eigenvalue weighted by Crippen LogP contribution is -2.53. The third-order valence-electron chi connectivity index (χ3n) is 4.95. The molecule has 2 aliphatic rings. The predicted octanol–water partition coefficient (Wildman–Crippen LogP) is 2.98. The molecule has 0 spiro atoms. The van der Waals surface area contributed by atoms with Gasteiger partial charge in [-0.15, -0.1) is 0 Å². The number of nitrogens with zero attached hydrogens (tertiary/aromatic N) is 2. The van der Waals surface area contributed by atoms with E-state index in [4.69, 9.17) is 4.74 Å². The van der Waals surface area contributed by atoms with E-state index >= 15 is 0 Å². The molecule has 1 saturated heterocycles. The Morgan fingerprint density at radius 1 is 1.29 bits per heavy atom. The van der Waals surface area contributed by atoms with Crippen LogP contribution < -0.4 is 9.64 Å². The molecule has 5 nitrogen and oxygen atoms in total. The van der Waals surface area contributed by atoms with Crippen LogP contribution in [0.4, 0.5) is 5.69 Å². The van der Waals surface area contributed by atoms with Crippen LogP contribution in [0.15, 0.2) is 24.3 Å². The van der Waals surface area contributed by atoms with Crippen molar-refractivity contribution in [2.45, 2.75) is 58.1 Å². The molecule has 0 bridgehead atoms. The molecular weight excluding hydrogens is 304 g/mol. The number of hydrogen-bond donors (Lipinski definition) is 0. The number of anilines is 1.